The molecule has 0 aliphatic heterocycles. The summed E-state index contributed by atoms with van der Waals surface area (Å²) in [5.74, 6) is 0. The Morgan fingerprint density at radius 1 is 1.20 bits per heavy atom. The van der Waals surface area contributed by atoms with Gasteiger partial charge >= 0.3 is 0 Å². The molecule has 0 radical (unpaired) electrons. The highest BCUT2D eigenvalue weighted by Gasteiger charge is 2.15. The Bertz CT molecular complexity index is 1130. The van der Waals surface area contributed by atoms with Crippen LogP contribution in [0.3, 0.4) is 0 Å². The van der Waals surface area contributed by atoms with E-state index in [0.717, 1.165) is 38.0 Å². The van der Waals surface area contributed by atoms with Crippen molar-refractivity contribution in [3.05, 3.63) is 55.6 Å². The molecule has 1 aromatic carbocycles. The number of thiophene rings is 1. The molecule has 0 fully saturated rings. The maximum atomic E-state index is 12.8. The Balaban J connectivity index is 1.79. The van der Waals surface area contributed by atoms with E-state index < -0.39 is 0 Å². The van der Waals surface area contributed by atoms with Gasteiger partial charge in [0, 0.05) is 16.1 Å². The second kappa shape index (κ2) is 6.39. The molecule has 25 heavy (non-hydrogen) atoms. The number of hydrogen-bond donors (Lipinski definition) is 0. The van der Waals surface area contributed by atoms with Crippen molar-refractivity contribution in [3.63, 3.8) is 0 Å². The maximum Gasteiger partial charge on any atom is 0.275 e. The molecule has 0 amide bonds. The number of thiazole rings is 1. The van der Waals surface area contributed by atoms with Crippen molar-refractivity contribution in [2.75, 3.05) is 0 Å². The van der Waals surface area contributed by atoms with E-state index in [2.05, 4.69) is 48.9 Å². The summed E-state index contributed by atoms with van der Waals surface area (Å²) in [5.41, 5.74) is 3.16. The fraction of sp³-hybridized carbons (Fsp3) is 0.278. The molecular weight excluding hydrogens is 349 g/mol. The van der Waals surface area contributed by atoms with Crippen LogP contribution in [0.1, 0.15) is 16.3 Å². The van der Waals surface area contributed by atoms with E-state index in [9.17, 15) is 4.79 Å². The summed E-state index contributed by atoms with van der Waals surface area (Å²) < 4.78 is 2.73. The van der Waals surface area contributed by atoms with Gasteiger partial charge in [-0.25, -0.2) is 9.67 Å². The number of fused-ring (bicyclic) bond motifs is 2. The minimum Gasteiger partial charge on any atom is -0.267 e. The molecule has 0 unspecified atom stereocenters. The number of rotatable bonds is 4. The highest BCUT2D eigenvalue weighted by molar-refractivity contribution is 7.18. The number of aryl methyl sites for hydroxylation is 1. The van der Waals surface area contributed by atoms with E-state index in [1.165, 1.54) is 5.56 Å². The molecule has 3 heterocycles. The third kappa shape index (κ3) is 3.14. The van der Waals surface area contributed by atoms with Crippen LogP contribution in [0.2, 0.25) is 13.6 Å². The molecule has 0 saturated carbocycles. The average molecular weight is 367 g/mol. The summed E-state index contributed by atoms with van der Waals surface area (Å²) in [6, 6.07) is 6.26. The van der Waals surface area contributed by atoms with Gasteiger partial charge in [0.15, 0.2) is 0 Å². The molecule has 0 aliphatic rings. The predicted octanol–water partition coefficient (Wildman–Crippen LogP) is 4.26. The quantitative estimate of drug-likeness (QED) is 0.507. The fourth-order valence-electron chi connectivity index (χ4n) is 3.00. The smallest absolute Gasteiger partial charge is 0.267 e. The summed E-state index contributed by atoms with van der Waals surface area (Å²) >= 11 is 3.19. The maximum absolute atomic E-state index is 12.8. The molecule has 0 spiro atoms. The molecule has 4 rings (SSSR count). The summed E-state index contributed by atoms with van der Waals surface area (Å²) in [6.07, 6.45) is 0.868. The van der Waals surface area contributed by atoms with Crippen LogP contribution in [0, 0.1) is 6.92 Å². The van der Waals surface area contributed by atoms with Crippen LogP contribution in [-0.2, 0) is 12.9 Å². The lowest BCUT2D eigenvalue weighted by atomic mass is 9.51. The van der Waals surface area contributed by atoms with Gasteiger partial charge in [-0.05, 0) is 30.9 Å². The Kier molecular flexibility index (Phi) is 4.21. The zero-order valence-electron chi connectivity index (χ0n) is 14.4. The first-order valence-electron chi connectivity index (χ1n) is 8.33. The lowest BCUT2D eigenvalue weighted by molar-refractivity contribution is 0.634. The van der Waals surface area contributed by atoms with Crippen LogP contribution in [0.4, 0.5) is 0 Å². The van der Waals surface area contributed by atoms with Crippen molar-refractivity contribution in [2.24, 2.45) is 0 Å². The topological polar surface area (TPSA) is 47.8 Å². The normalized spacial score (nSPS) is 11.5. The Hall–Kier alpha value is -1.99. The molecule has 3 aromatic heterocycles. The van der Waals surface area contributed by atoms with Crippen molar-refractivity contribution in [1.82, 2.24) is 14.8 Å². The number of hydrogen-bond acceptors (Lipinski definition) is 5. The first kappa shape index (κ1) is 16.5. The van der Waals surface area contributed by atoms with Gasteiger partial charge < -0.3 is 0 Å². The summed E-state index contributed by atoms with van der Waals surface area (Å²) in [5, 5.41) is 11.3. The second-order valence-corrected chi connectivity index (χ2v) is 8.64. The van der Waals surface area contributed by atoms with E-state index in [-0.39, 0.29) is 5.56 Å². The van der Waals surface area contributed by atoms with Gasteiger partial charge in [0.1, 0.15) is 11.7 Å². The number of benzene rings is 1. The van der Waals surface area contributed by atoms with E-state index in [1.807, 2.05) is 10.8 Å². The third-order valence-electron chi connectivity index (χ3n) is 4.15. The largest absolute Gasteiger partial charge is 0.275 e. The highest BCUT2D eigenvalue weighted by Crippen LogP contribution is 2.24. The average Bonchev–Trinajstić information content (AvgIpc) is 3.17. The molecule has 0 saturated heterocycles. The van der Waals surface area contributed by atoms with Crippen LogP contribution in [-0.4, -0.2) is 21.5 Å². The number of nitrogens with zero attached hydrogens (tertiary/aromatic N) is 3. The monoisotopic (exact) mass is 367 g/mol. The Morgan fingerprint density at radius 2 is 2.00 bits per heavy atom. The standard InChI is InChI=1S/C18H18BN3OS2/c1-11-4-5-16-14(6-11)20-17(25-16)8-22-18(23)13-10-24-9-12(13)15(21-22)7-19(2)3/h4-6,9-10H,7-8H2,1-3H3. The molecule has 4 nitrogen and oxygen atoms in total. The van der Waals surface area contributed by atoms with Gasteiger partial charge in [-0.2, -0.15) is 16.4 Å². The van der Waals surface area contributed by atoms with Crippen LogP contribution < -0.4 is 5.56 Å². The Morgan fingerprint density at radius 3 is 2.80 bits per heavy atom. The summed E-state index contributed by atoms with van der Waals surface area (Å²) in [7, 11) is 0. The molecule has 0 aliphatic carbocycles. The molecule has 0 N–H and O–H groups in total. The molecule has 0 atom stereocenters. The van der Waals surface area contributed by atoms with Crippen LogP contribution in [0.25, 0.3) is 21.0 Å². The lowest BCUT2D eigenvalue weighted by Crippen LogP contribution is -2.25. The van der Waals surface area contributed by atoms with Gasteiger partial charge in [-0.3, -0.25) is 4.79 Å². The molecule has 0 bridgehead atoms. The second-order valence-electron chi connectivity index (χ2n) is 6.79. The lowest BCUT2D eigenvalue weighted by Gasteiger charge is -2.08. The minimum atomic E-state index is -0.0285. The van der Waals surface area contributed by atoms with Crippen molar-refractivity contribution in [2.45, 2.75) is 33.4 Å². The molecule has 7 heteroatoms. The van der Waals surface area contributed by atoms with Crippen molar-refractivity contribution in [1.29, 1.82) is 0 Å². The minimum absolute atomic E-state index is 0.0285. The molecular formula is C18H18BN3OS2. The summed E-state index contributed by atoms with van der Waals surface area (Å²) in [6.45, 7) is 7.32. The van der Waals surface area contributed by atoms with Gasteiger partial charge in [0.05, 0.1) is 27.8 Å². The van der Waals surface area contributed by atoms with Crippen molar-refractivity contribution < 1.29 is 0 Å². The molecule has 126 valence electrons. The van der Waals surface area contributed by atoms with Gasteiger partial charge in [-0.15, -0.1) is 11.3 Å². The van der Waals surface area contributed by atoms with Gasteiger partial charge in [0.25, 0.3) is 5.56 Å². The van der Waals surface area contributed by atoms with Crippen molar-refractivity contribution in [3.8, 4) is 0 Å². The van der Waals surface area contributed by atoms with Crippen LogP contribution in [0.15, 0.2) is 33.8 Å². The highest BCUT2D eigenvalue weighted by atomic mass is 32.1. The summed E-state index contributed by atoms with van der Waals surface area (Å²) in [4.78, 5) is 17.5. The first-order chi connectivity index (χ1) is 12.0. The van der Waals surface area contributed by atoms with E-state index in [1.54, 1.807) is 27.4 Å². The zero-order valence-corrected chi connectivity index (χ0v) is 16.1. The van der Waals surface area contributed by atoms with E-state index >= 15 is 0 Å². The molecule has 4 aromatic rings. The zero-order chi connectivity index (χ0) is 17.6. The first-order valence-corrected chi connectivity index (χ1v) is 10.1. The van der Waals surface area contributed by atoms with Gasteiger partial charge in [-0.1, -0.05) is 19.7 Å². The van der Waals surface area contributed by atoms with Crippen LogP contribution >= 0.6 is 22.7 Å². The van der Waals surface area contributed by atoms with Crippen LogP contribution in [0.5, 0.6) is 0 Å². The predicted molar refractivity (Wildman–Crippen MR) is 109 cm³/mol. The Labute approximate surface area is 154 Å². The van der Waals surface area contributed by atoms with E-state index in [4.69, 9.17) is 0 Å². The van der Waals surface area contributed by atoms with Gasteiger partial charge in [0.2, 0.25) is 0 Å². The SMILES string of the molecule is CB(C)Cc1nn(Cc2nc3cc(C)ccc3s2)c(=O)c2cscc12. The third-order valence-corrected chi connectivity index (χ3v) is 5.92. The fourth-order valence-corrected chi connectivity index (χ4v) is 4.76. The number of aromatic nitrogens is 3. The van der Waals surface area contributed by atoms with Crippen molar-refractivity contribution >= 4 is 50.4 Å². The van der Waals surface area contributed by atoms with E-state index in [0.29, 0.717) is 13.3 Å².